The normalized spacial score (nSPS) is 10.5. The van der Waals surface area contributed by atoms with Gasteiger partial charge in [-0.3, -0.25) is 9.78 Å². The summed E-state index contributed by atoms with van der Waals surface area (Å²) >= 11 is 0. The summed E-state index contributed by atoms with van der Waals surface area (Å²) in [5, 5.41) is 11.8. The Morgan fingerprint density at radius 3 is 2.86 bits per heavy atom. The van der Waals surface area contributed by atoms with Crippen LogP contribution in [0.4, 0.5) is 4.39 Å². The van der Waals surface area contributed by atoms with Crippen LogP contribution >= 0.6 is 0 Å². The van der Waals surface area contributed by atoms with Gasteiger partial charge >= 0.3 is 0 Å². The van der Waals surface area contributed by atoms with Gasteiger partial charge in [0.2, 0.25) is 5.91 Å². The molecular weight excluding hydrogens is 283 g/mol. The Morgan fingerprint density at radius 2 is 2.14 bits per heavy atom. The van der Waals surface area contributed by atoms with Gasteiger partial charge in [-0.25, -0.2) is 4.39 Å². The van der Waals surface area contributed by atoms with Gasteiger partial charge in [0.25, 0.3) is 0 Å². The first-order chi connectivity index (χ1) is 10.7. The first-order valence-electron chi connectivity index (χ1n) is 7.24. The second kappa shape index (κ2) is 8.24. The number of pyridine rings is 1. The zero-order chi connectivity index (χ0) is 15.8. The van der Waals surface area contributed by atoms with Crippen molar-refractivity contribution in [1.82, 2.24) is 10.3 Å². The molecule has 4 nitrogen and oxygen atoms in total. The average Bonchev–Trinajstić information content (AvgIpc) is 2.55. The fourth-order valence-corrected chi connectivity index (χ4v) is 2.12. The van der Waals surface area contributed by atoms with E-state index in [4.69, 9.17) is 5.11 Å². The number of hydrogen-bond acceptors (Lipinski definition) is 3. The molecule has 2 N–H and O–H groups in total. The Labute approximate surface area is 129 Å². The van der Waals surface area contributed by atoms with Crippen molar-refractivity contribution in [3.05, 3.63) is 65.2 Å². The van der Waals surface area contributed by atoms with Crippen LogP contribution in [-0.4, -0.2) is 16.0 Å². The number of benzene rings is 1. The molecule has 0 spiro atoms. The Morgan fingerprint density at radius 1 is 1.27 bits per heavy atom. The van der Waals surface area contributed by atoms with Crippen molar-refractivity contribution in [3.8, 4) is 0 Å². The van der Waals surface area contributed by atoms with E-state index in [0.717, 1.165) is 24.1 Å². The maximum absolute atomic E-state index is 13.2. The van der Waals surface area contributed by atoms with Gasteiger partial charge in [-0.2, -0.15) is 0 Å². The molecule has 0 radical (unpaired) electrons. The number of halogens is 1. The zero-order valence-electron chi connectivity index (χ0n) is 12.3. The number of nitrogens with zero attached hydrogens (tertiary/aromatic N) is 1. The molecule has 0 aliphatic rings. The zero-order valence-corrected chi connectivity index (χ0v) is 12.3. The average molecular weight is 302 g/mol. The highest BCUT2D eigenvalue weighted by Crippen LogP contribution is 2.10. The van der Waals surface area contributed by atoms with E-state index in [9.17, 15) is 9.18 Å². The van der Waals surface area contributed by atoms with E-state index in [1.165, 1.54) is 6.07 Å². The molecule has 2 rings (SSSR count). The molecule has 22 heavy (non-hydrogen) atoms. The monoisotopic (exact) mass is 302 g/mol. The van der Waals surface area contributed by atoms with E-state index in [2.05, 4.69) is 10.3 Å². The van der Waals surface area contributed by atoms with Crippen molar-refractivity contribution in [2.45, 2.75) is 32.4 Å². The lowest BCUT2D eigenvalue weighted by Crippen LogP contribution is -2.22. The van der Waals surface area contributed by atoms with Crippen LogP contribution in [0.5, 0.6) is 0 Å². The molecule has 2 aromatic rings. The number of carbonyl (C=O) groups is 1. The molecule has 0 aliphatic carbocycles. The maximum atomic E-state index is 13.2. The topological polar surface area (TPSA) is 62.2 Å². The third kappa shape index (κ3) is 4.93. The van der Waals surface area contributed by atoms with E-state index >= 15 is 0 Å². The molecule has 1 aromatic heterocycles. The van der Waals surface area contributed by atoms with E-state index in [-0.39, 0.29) is 18.1 Å². The van der Waals surface area contributed by atoms with Crippen LogP contribution in [0.2, 0.25) is 0 Å². The summed E-state index contributed by atoms with van der Waals surface area (Å²) in [4.78, 5) is 16.0. The highest BCUT2D eigenvalue weighted by Gasteiger charge is 2.05. The van der Waals surface area contributed by atoms with Crippen LogP contribution in [0, 0.1) is 5.82 Å². The summed E-state index contributed by atoms with van der Waals surface area (Å²) in [5.74, 6) is -0.487. The molecule has 0 unspecified atom stereocenters. The number of rotatable bonds is 7. The van der Waals surface area contributed by atoms with Crippen LogP contribution in [0.25, 0.3) is 0 Å². The van der Waals surface area contributed by atoms with E-state index in [1.54, 1.807) is 18.3 Å². The number of carbonyl (C=O) groups excluding carboxylic acids is 1. The van der Waals surface area contributed by atoms with Crippen molar-refractivity contribution in [1.29, 1.82) is 0 Å². The third-order valence-electron chi connectivity index (χ3n) is 3.33. The molecular formula is C17H19FN2O2. The summed E-state index contributed by atoms with van der Waals surface area (Å²) in [6.07, 6.45) is 3.65. The molecule has 0 saturated carbocycles. The SMILES string of the molecule is O=C(CCCc1ccccn1)NCc1ccc(F)c(CO)c1. The maximum Gasteiger partial charge on any atom is 0.220 e. The minimum atomic E-state index is -0.437. The second-order valence-electron chi connectivity index (χ2n) is 5.04. The number of amides is 1. The predicted octanol–water partition coefficient (Wildman–Crippen LogP) is 2.35. The molecule has 116 valence electrons. The second-order valence-corrected chi connectivity index (χ2v) is 5.04. The Kier molecular flexibility index (Phi) is 6.03. The lowest BCUT2D eigenvalue weighted by Gasteiger charge is -2.07. The van der Waals surface area contributed by atoms with Crippen molar-refractivity contribution in [2.75, 3.05) is 0 Å². The van der Waals surface area contributed by atoms with Crippen molar-refractivity contribution in [2.24, 2.45) is 0 Å². The lowest BCUT2D eigenvalue weighted by atomic mass is 10.1. The van der Waals surface area contributed by atoms with E-state index in [0.29, 0.717) is 13.0 Å². The summed E-state index contributed by atoms with van der Waals surface area (Å²) in [5.41, 5.74) is 1.98. The first-order valence-corrected chi connectivity index (χ1v) is 7.24. The number of hydrogen-bond donors (Lipinski definition) is 2. The Hall–Kier alpha value is -2.27. The van der Waals surface area contributed by atoms with Gasteiger partial charge in [-0.05, 0) is 42.7 Å². The fraction of sp³-hybridized carbons (Fsp3) is 0.294. The predicted molar refractivity (Wildman–Crippen MR) is 81.3 cm³/mol. The number of aryl methyl sites for hydroxylation is 1. The largest absolute Gasteiger partial charge is 0.392 e. The van der Waals surface area contributed by atoms with Gasteiger partial charge in [0.05, 0.1) is 6.61 Å². The number of aliphatic hydroxyl groups is 1. The van der Waals surface area contributed by atoms with Crippen molar-refractivity contribution in [3.63, 3.8) is 0 Å². The highest BCUT2D eigenvalue weighted by atomic mass is 19.1. The number of nitrogens with one attached hydrogen (secondary N) is 1. The third-order valence-corrected chi connectivity index (χ3v) is 3.33. The molecule has 1 aromatic carbocycles. The van der Waals surface area contributed by atoms with E-state index < -0.39 is 5.82 Å². The fourth-order valence-electron chi connectivity index (χ4n) is 2.12. The van der Waals surface area contributed by atoms with Crippen LogP contribution in [-0.2, 0) is 24.4 Å². The van der Waals surface area contributed by atoms with Gasteiger partial charge in [0.1, 0.15) is 5.82 Å². The van der Waals surface area contributed by atoms with Gasteiger partial charge < -0.3 is 10.4 Å². The molecule has 1 amide bonds. The molecule has 0 fully saturated rings. The summed E-state index contributed by atoms with van der Waals surface area (Å²) in [6.45, 7) is -0.0204. The molecule has 0 saturated heterocycles. The van der Waals surface area contributed by atoms with Crippen molar-refractivity contribution >= 4 is 5.91 Å². The molecule has 0 bridgehead atoms. The lowest BCUT2D eigenvalue weighted by molar-refractivity contribution is -0.121. The van der Waals surface area contributed by atoms with Crippen LogP contribution < -0.4 is 5.32 Å². The quantitative estimate of drug-likeness (QED) is 0.825. The first kappa shape index (κ1) is 16.1. The number of aromatic nitrogens is 1. The van der Waals surface area contributed by atoms with Crippen LogP contribution in [0.15, 0.2) is 42.6 Å². The summed E-state index contributed by atoms with van der Waals surface area (Å²) < 4.78 is 13.2. The highest BCUT2D eigenvalue weighted by molar-refractivity contribution is 5.75. The molecule has 0 atom stereocenters. The van der Waals surface area contributed by atoms with Gasteiger partial charge in [0, 0.05) is 30.4 Å². The molecule has 1 heterocycles. The summed E-state index contributed by atoms with van der Waals surface area (Å²) in [7, 11) is 0. The standard InChI is InChI=1S/C17H19FN2O2/c18-16-8-7-13(10-14(16)12-21)11-20-17(22)6-3-5-15-4-1-2-9-19-15/h1-2,4,7-10,21H,3,5-6,11-12H2,(H,20,22). The van der Waals surface area contributed by atoms with Gasteiger partial charge in [-0.1, -0.05) is 12.1 Å². The smallest absolute Gasteiger partial charge is 0.220 e. The Balaban J connectivity index is 1.73. The summed E-state index contributed by atoms with van der Waals surface area (Å²) in [6, 6.07) is 10.2. The molecule has 0 aliphatic heterocycles. The minimum absolute atomic E-state index is 0.0502. The van der Waals surface area contributed by atoms with Gasteiger partial charge in [-0.15, -0.1) is 0 Å². The van der Waals surface area contributed by atoms with Crippen molar-refractivity contribution < 1.29 is 14.3 Å². The van der Waals surface area contributed by atoms with Gasteiger partial charge in [0.15, 0.2) is 0 Å². The Bertz CT molecular complexity index is 617. The molecule has 5 heteroatoms. The van der Waals surface area contributed by atoms with Crippen LogP contribution in [0.1, 0.15) is 29.7 Å². The van der Waals surface area contributed by atoms with E-state index in [1.807, 2.05) is 18.2 Å². The number of aliphatic hydroxyl groups excluding tert-OH is 1. The van der Waals surface area contributed by atoms with Crippen LogP contribution in [0.3, 0.4) is 0 Å². The minimum Gasteiger partial charge on any atom is -0.392 e.